The van der Waals surface area contributed by atoms with Crippen LogP contribution in [0.4, 0.5) is 5.69 Å². The number of ether oxygens (including phenoxy) is 1. The molecule has 0 radical (unpaired) electrons. The number of aromatic amines is 1. The summed E-state index contributed by atoms with van der Waals surface area (Å²) in [5.41, 5.74) is 2.01. The van der Waals surface area contributed by atoms with Crippen molar-refractivity contribution in [2.24, 2.45) is 0 Å². The Morgan fingerprint density at radius 3 is 2.76 bits per heavy atom. The maximum Gasteiger partial charge on any atom is 0.358 e. The van der Waals surface area contributed by atoms with Crippen LogP contribution in [-0.4, -0.2) is 29.2 Å². The standard InChI is InChI=1S/C15H17N3O3/c1-9(2)10-5-4-6-11(7-10)14(19)17-12-8-16-18-13(12)15(20)21-3/h4-9H,1-3H3,(H,16,18)(H,17,19). The first-order chi connectivity index (χ1) is 10.0. The highest BCUT2D eigenvalue weighted by atomic mass is 16.5. The number of rotatable bonds is 4. The summed E-state index contributed by atoms with van der Waals surface area (Å²) < 4.78 is 4.61. The van der Waals surface area contributed by atoms with E-state index in [9.17, 15) is 9.59 Å². The van der Waals surface area contributed by atoms with Gasteiger partial charge in [0.2, 0.25) is 0 Å². The van der Waals surface area contributed by atoms with Crippen molar-refractivity contribution in [1.82, 2.24) is 10.2 Å². The second-order valence-electron chi connectivity index (χ2n) is 4.88. The predicted molar refractivity (Wildman–Crippen MR) is 78.4 cm³/mol. The maximum absolute atomic E-state index is 12.2. The molecular weight excluding hydrogens is 270 g/mol. The Hall–Kier alpha value is -2.63. The predicted octanol–water partition coefficient (Wildman–Crippen LogP) is 2.57. The number of benzene rings is 1. The first kappa shape index (κ1) is 14.8. The molecule has 0 bridgehead atoms. The Bertz CT molecular complexity index is 662. The summed E-state index contributed by atoms with van der Waals surface area (Å²) in [4.78, 5) is 23.8. The van der Waals surface area contributed by atoms with E-state index in [0.717, 1.165) is 5.56 Å². The molecule has 2 rings (SSSR count). The fourth-order valence-corrected chi connectivity index (χ4v) is 1.87. The van der Waals surface area contributed by atoms with Gasteiger partial charge in [-0.2, -0.15) is 5.10 Å². The van der Waals surface area contributed by atoms with Gasteiger partial charge in [0.25, 0.3) is 5.91 Å². The first-order valence-electron chi connectivity index (χ1n) is 6.56. The molecule has 0 aliphatic rings. The Kier molecular flexibility index (Phi) is 4.37. The minimum absolute atomic E-state index is 0.117. The first-order valence-corrected chi connectivity index (χ1v) is 6.56. The van der Waals surface area contributed by atoms with Crippen molar-refractivity contribution >= 4 is 17.6 Å². The summed E-state index contributed by atoms with van der Waals surface area (Å²) in [6.45, 7) is 4.12. The van der Waals surface area contributed by atoms with Crippen LogP contribution in [0.25, 0.3) is 0 Å². The van der Waals surface area contributed by atoms with E-state index in [1.807, 2.05) is 18.2 Å². The van der Waals surface area contributed by atoms with Gasteiger partial charge in [-0.25, -0.2) is 4.79 Å². The van der Waals surface area contributed by atoms with E-state index in [-0.39, 0.29) is 11.6 Å². The van der Waals surface area contributed by atoms with E-state index in [0.29, 0.717) is 17.2 Å². The van der Waals surface area contributed by atoms with Crippen molar-refractivity contribution in [2.45, 2.75) is 19.8 Å². The fraction of sp³-hybridized carbons (Fsp3) is 0.267. The van der Waals surface area contributed by atoms with Crippen molar-refractivity contribution < 1.29 is 14.3 Å². The third-order valence-corrected chi connectivity index (χ3v) is 3.09. The number of methoxy groups -OCH3 is 1. The topological polar surface area (TPSA) is 84.1 Å². The average molecular weight is 287 g/mol. The molecule has 1 aromatic heterocycles. The second-order valence-corrected chi connectivity index (χ2v) is 4.88. The van der Waals surface area contributed by atoms with Crippen molar-refractivity contribution in [3.8, 4) is 0 Å². The summed E-state index contributed by atoms with van der Waals surface area (Å²) in [6, 6.07) is 7.36. The lowest BCUT2D eigenvalue weighted by molar-refractivity contribution is 0.0595. The normalized spacial score (nSPS) is 10.5. The third-order valence-electron chi connectivity index (χ3n) is 3.09. The molecule has 21 heavy (non-hydrogen) atoms. The Balaban J connectivity index is 2.21. The van der Waals surface area contributed by atoms with Crippen LogP contribution in [0.15, 0.2) is 30.5 Å². The van der Waals surface area contributed by atoms with E-state index in [2.05, 4.69) is 34.1 Å². The molecule has 2 aromatic rings. The molecule has 0 atom stereocenters. The SMILES string of the molecule is COC(=O)c1[nH]ncc1NC(=O)c1cccc(C(C)C)c1. The molecule has 1 heterocycles. The van der Waals surface area contributed by atoms with E-state index in [1.165, 1.54) is 13.3 Å². The summed E-state index contributed by atoms with van der Waals surface area (Å²) in [7, 11) is 1.26. The monoisotopic (exact) mass is 287 g/mol. The van der Waals surface area contributed by atoms with Crippen LogP contribution >= 0.6 is 0 Å². The van der Waals surface area contributed by atoms with Crippen LogP contribution in [0.1, 0.15) is 46.2 Å². The number of nitrogens with zero attached hydrogens (tertiary/aromatic N) is 1. The number of nitrogens with one attached hydrogen (secondary N) is 2. The molecule has 6 heteroatoms. The van der Waals surface area contributed by atoms with Gasteiger partial charge in [0.1, 0.15) is 0 Å². The molecule has 0 aliphatic carbocycles. The second kappa shape index (κ2) is 6.21. The summed E-state index contributed by atoms with van der Waals surface area (Å²) in [6.07, 6.45) is 1.37. The highest BCUT2D eigenvalue weighted by Gasteiger charge is 2.17. The summed E-state index contributed by atoms with van der Waals surface area (Å²) >= 11 is 0. The fourth-order valence-electron chi connectivity index (χ4n) is 1.87. The molecular formula is C15H17N3O3. The number of esters is 1. The molecule has 0 spiro atoms. The molecule has 1 amide bonds. The molecule has 0 aliphatic heterocycles. The van der Waals surface area contributed by atoms with Gasteiger partial charge in [0.05, 0.1) is 19.0 Å². The number of aromatic nitrogens is 2. The van der Waals surface area contributed by atoms with E-state index < -0.39 is 5.97 Å². The largest absolute Gasteiger partial charge is 0.464 e. The van der Waals surface area contributed by atoms with E-state index in [4.69, 9.17) is 0 Å². The smallest absolute Gasteiger partial charge is 0.358 e. The van der Waals surface area contributed by atoms with Gasteiger partial charge >= 0.3 is 5.97 Å². The van der Waals surface area contributed by atoms with E-state index >= 15 is 0 Å². The molecule has 0 saturated carbocycles. The van der Waals surface area contributed by atoms with Crippen LogP contribution in [0, 0.1) is 0 Å². The van der Waals surface area contributed by atoms with Gasteiger partial charge in [-0.1, -0.05) is 26.0 Å². The zero-order valence-electron chi connectivity index (χ0n) is 12.1. The lowest BCUT2D eigenvalue weighted by Crippen LogP contribution is -2.15. The number of hydrogen-bond donors (Lipinski definition) is 2. The highest BCUT2D eigenvalue weighted by Crippen LogP contribution is 2.18. The van der Waals surface area contributed by atoms with Gasteiger partial charge in [-0.3, -0.25) is 9.89 Å². The number of carbonyl (C=O) groups excluding carboxylic acids is 2. The molecule has 1 aromatic carbocycles. The lowest BCUT2D eigenvalue weighted by atomic mass is 10.0. The number of anilines is 1. The lowest BCUT2D eigenvalue weighted by Gasteiger charge is -2.08. The number of H-pyrrole nitrogens is 1. The summed E-state index contributed by atoms with van der Waals surface area (Å²) in [5.74, 6) is -0.555. The zero-order chi connectivity index (χ0) is 15.4. The number of carbonyl (C=O) groups is 2. The van der Waals surface area contributed by atoms with Crippen LogP contribution in [0.5, 0.6) is 0 Å². The maximum atomic E-state index is 12.2. The minimum Gasteiger partial charge on any atom is -0.464 e. The Morgan fingerprint density at radius 2 is 2.10 bits per heavy atom. The van der Waals surface area contributed by atoms with Crippen molar-refractivity contribution in [3.63, 3.8) is 0 Å². The molecule has 2 N–H and O–H groups in total. The average Bonchev–Trinajstić information content (AvgIpc) is 2.94. The summed E-state index contributed by atoms with van der Waals surface area (Å²) in [5, 5.41) is 8.90. The zero-order valence-corrected chi connectivity index (χ0v) is 12.1. The molecule has 0 fully saturated rings. The van der Waals surface area contributed by atoms with Crippen LogP contribution < -0.4 is 5.32 Å². The number of hydrogen-bond acceptors (Lipinski definition) is 4. The number of amides is 1. The van der Waals surface area contributed by atoms with Crippen LogP contribution in [0.3, 0.4) is 0 Å². The van der Waals surface area contributed by atoms with Crippen molar-refractivity contribution in [1.29, 1.82) is 0 Å². The van der Waals surface area contributed by atoms with Crippen LogP contribution in [0.2, 0.25) is 0 Å². The highest BCUT2D eigenvalue weighted by molar-refractivity contribution is 6.07. The molecule has 6 nitrogen and oxygen atoms in total. The van der Waals surface area contributed by atoms with Gasteiger partial charge in [-0.15, -0.1) is 0 Å². The van der Waals surface area contributed by atoms with Gasteiger partial charge < -0.3 is 10.1 Å². The van der Waals surface area contributed by atoms with E-state index in [1.54, 1.807) is 6.07 Å². The quantitative estimate of drug-likeness (QED) is 0.846. The molecule has 110 valence electrons. The molecule has 0 unspecified atom stereocenters. The van der Waals surface area contributed by atoms with Crippen molar-refractivity contribution in [2.75, 3.05) is 12.4 Å². The van der Waals surface area contributed by atoms with Gasteiger partial charge in [0.15, 0.2) is 5.69 Å². The van der Waals surface area contributed by atoms with Crippen molar-refractivity contribution in [3.05, 3.63) is 47.3 Å². The van der Waals surface area contributed by atoms with Crippen LogP contribution in [-0.2, 0) is 4.74 Å². The molecule has 0 saturated heterocycles. The van der Waals surface area contributed by atoms with Gasteiger partial charge in [0, 0.05) is 5.56 Å². The Morgan fingerprint density at radius 1 is 1.33 bits per heavy atom. The third kappa shape index (κ3) is 3.28. The minimum atomic E-state index is -0.585. The van der Waals surface area contributed by atoms with Gasteiger partial charge in [-0.05, 0) is 23.6 Å². The Labute approximate surface area is 122 Å².